The van der Waals surface area contributed by atoms with Crippen molar-refractivity contribution in [2.45, 2.75) is 46.6 Å². The summed E-state index contributed by atoms with van der Waals surface area (Å²) in [6.45, 7) is 8.97. The first-order valence-corrected chi connectivity index (χ1v) is 7.21. The number of fused-ring (bicyclic) bond motifs is 1. The zero-order chi connectivity index (χ0) is 13.6. The third-order valence-electron chi connectivity index (χ3n) is 4.26. The van der Waals surface area contributed by atoms with Crippen molar-refractivity contribution in [3.63, 3.8) is 0 Å². The Morgan fingerprint density at radius 2 is 1.79 bits per heavy atom. The van der Waals surface area contributed by atoms with E-state index in [1.807, 2.05) is 0 Å². The minimum atomic E-state index is 0.574. The van der Waals surface area contributed by atoms with Crippen LogP contribution in [0.2, 0.25) is 0 Å². The van der Waals surface area contributed by atoms with Gasteiger partial charge in [0.05, 0.1) is 5.69 Å². The van der Waals surface area contributed by atoms with E-state index in [1.54, 1.807) is 0 Å². The minimum Gasteiger partial charge on any atom is -0.329 e. The molecule has 1 aliphatic heterocycles. The number of hydrogen-bond acceptors (Lipinski definition) is 1. The van der Waals surface area contributed by atoms with Crippen LogP contribution >= 0.6 is 0 Å². The van der Waals surface area contributed by atoms with Crippen molar-refractivity contribution in [1.82, 2.24) is 9.55 Å². The van der Waals surface area contributed by atoms with Crippen LogP contribution in [0.4, 0.5) is 0 Å². The van der Waals surface area contributed by atoms with E-state index in [4.69, 9.17) is 4.98 Å². The average molecular weight is 254 g/mol. The van der Waals surface area contributed by atoms with Gasteiger partial charge in [0, 0.05) is 23.7 Å². The van der Waals surface area contributed by atoms with Gasteiger partial charge in [-0.1, -0.05) is 36.8 Å². The Balaban J connectivity index is 2.09. The van der Waals surface area contributed by atoms with Crippen molar-refractivity contribution in [3.05, 3.63) is 41.3 Å². The first kappa shape index (κ1) is 12.5. The fourth-order valence-corrected chi connectivity index (χ4v) is 3.37. The molecular weight excluding hydrogens is 232 g/mol. The molecule has 2 unspecified atom stereocenters. The van der Waals surface area contributed by atoms with Crippen LogP contribution in [0.1, 0.15) is 43.4 Å². The molecule has 1 aromatic heterocycles. The molecule has 0 bridgehead atoms. The van der Waals surface area contributed by atoms with Crippen LogP contribution in [-0.2, 0) is 6.42 Å². The Hall–Kier alpha value is -1.57. The molecule has 2 heterocycles. The highest BCUT2D eigenvalue weighted by atomic mass is 15.1. The van der Waals surface area contributed by atoms with E-state index in [1.165, 1.54) is 29.1 Å². The fourth-order valence-electron chi connectivity index (χ4n) is 3.37. The highest BCUT2D eigenvalue weighted by Gasteiger charge is 2.25. The summed E-state index contributed by atoms with van der Waals surface area (Å²) in [5, 5.41) is 0. The molecule has 0 saturated heterocycles. The smallest absolute Gasteiger partial charge is 0.110 e. The maximum atomic E-state index is 4.91. The first-order valence-electron chi connectivity index (χ1n) is 7.21. The number of nitrogens with zero attached hydrogens (tertiary/aromatic N) is 2. The Morgan fingerprint density at radius 3 is 2.47 bits per heavy atom. The summed E-state index contributed by atoms with van der Waals surface area (Å²) in [6.07, 6.45) is 2.37. The largest absolute Gasteiger partial charge is 0.329 e. The van der Waals surface area contributed by atoms with Crippen LogP contribution in [0, 0.1) is 19.8 Å². The van der Waals surface area contributed by atoms with Crippen LogP contribution < -0.4 is 0 Å². The molecule has 0 radical (unpaired) electrons. The van der Waals surface area contributed by atoms with Crippen molar-refractivity contribution in [2.24, 2.45) is 5.92 Å². The summed E-state index contributed by atoms with van der Waals surface area (Å²) in [5.74, 6) is 2.01. The predicted molar refractivity (Wildman–Crippen MR) is 79.3 cm³/mol. The molecule has 0 fully saturated rings. The second-order valence-corrected chi connectivity index (χ2v) is 6.09. The molecule has 0 spiro atoms. The lowest BCUT2D eigenvalue weighted by molar-refractivity contribution is 0.339. The lowest BCUT2D eigenvalue weighted by atomic mass is 9.95. The summed E-state index contributed by atoms with van der Waals surface area (Å²) in [7, 11) is 0. The van der Waals surface area contributed by atoms with Crippen molar-refractivity contribution >= 4 is 0 Å². The van der Waals surface area contributed by atoms with Gasteiger partial charge < -0.3 is 4.57 Å². The summed E-state index contributed by atoms with van der Waals surface area (Å²) in [6, 6.07) is 9.28. The topological polar surface area (TPSA) is 17.8 Å². The minimum absolute atomic E-state index is 0.574. The molecule has 2 aromatic rings. The number of hydrogen-bond donors (Lipinski definition) is 0. The zero-order valence-electron chi connectivity index (χ0n) is 12.3. The predicted octanol–water partition coefficient (Wildman–Crippen LogP) is 4.31. The molecular formula is C17H22N2. The van der Waals surface area contributed by atoms with Gasteiger partial charge in [-0.3, -0.25) is 0 Å². The van der Waals surface area contributed by atoms with Crippen molar-refractivity contribution < 1.29 is 0 Å². The molecule has 0 aliphatic carbocycles. The monoisotopic (exact) mass is 254 g/mol. The van der Waals surface area contributed by atoms with Crippen LogP contribution in [0.3, 0.4) is 0 Å². The lowest BCUT2D eigenvalue weighted by Gasteiger charge is -2.27. The Labute approximate surface area is 115 Å². The highest BCUT2D eigenvalue weighted by Crippen LogP contribution is 2.34. The van der Waals surface area contributed by atoms with Crippen LogP contribution in [0.15, 0.2) is 24.3 Å². The Kier molecular flexibility index (Phi) is 2.96. The molecule has 0 amide bonds. The van der Waals surface area contributed by atoms with Crippen LogP contribution in [-0.4, -0.2) is 9.55 Å². The summed E-state index contributed by atoms with van der Waals surface area (Å²) in [4.78, 5) is 4.91. The summed E-state index contributed by atoms with van der Waals surface area (Å²) < 4.78 is 2.44. The summed E-state index contributed by atoms with van der Waals surface area (Å²) >= 11 is 0. The highest BCUT2D eigenvalue weighted by molar-refractivity contribution is 5.62. The fraction of sp³-hybridized carbons (Fsp3) is 0.471. The molecule has 2 atom stereocenters. The maximum Gasteiger partial charge on any atom is 0.110 e. The van der Waals surface area contributed by atoms with Gasteiger partial charge in [0.1, 0.15) is 5.82 Å². The molecule has 2 heteroatoms. The maximum absolute atomic E-state index is 4.91. The molecule has 1 aromatic carbocycles. The molecule has 1 aliphatic rings. The number of rotatable bonds is 1. The molecule has 100 valence electrons. The van der Waals surface area contributed by atoms with Gasteiger partial charge in [0.25, 0.3) is 0 Å². The quantitative estimate of drug-likeness (QED) is 0.741. The standard InChI is InChI=1S/C17H22N2/c1-11-5-7-15(8-6-11)17-14(4)19-13(3)9-12(2)10-16(19)18-17/h5-8,12-13H,9-10H2,1-4H3. The average Bonchev–Trinajstić information content (AvgIpc) is 2.67. The SMILES string of the molecule is Cc1ccc(-c2nc3n(c2C)C(C)CC(C)C3)cc1. The van der Waals surface area contributed by atoms with Crippen molar-refractivity contribution in [3.8, 4) is 11.3 Å². The summed E-state index contributed by atoms with van der Waals surface area (Å²) in [5.41, 5.74) is 5.02. The second-order valence-electron chi connectivity index (χ2n) is 6.09. The van der Waals surface area contributed by atoms with Gasteiger partial charge in [0.2, 0.25) is 0 Å². The van der Waals surface area contributed by atoms with Gasteiger partial charge in [-0.05, 0) is 33.1 Å². The Bertz CT molecular complexity index is 592. The number of imidazole rings is 1. The van der Waals surface area contributed by atoms with Gasteiger partial charge in [0.15, 0.2) is 0 Å². The van der Waals surface area contributed by atoms with E-state index in [2.05, 4.69) is 56.5 Å². The molecule has 19 heavy (non-hydrogen) atoms. The lowest BCUT2D eigenvalue weighted by Crippen LogP contribution is -2.21. The Morgan fingerprint density at radius 1 is 1.11 bits per heavy atom. The second kappa shape index (κ2) is 4.52. The van der Waals surface area contributed by atoms with E-state index in [0.717, 1.165) is 18.0 Å². The number of benzene rings is 1. The van der Waals surface area contributed by atoms with Gasteiger partial charge in [-0.2, -0.15) is 0 Å². The van der Waals surface area contributed by atoms with Gasteiger partial charge in [-0.15, -0.1) is 0 Å². The van der Waals surface area contributed by atoms with Gasteiger partial charge >= 0.3 is 0 Å². The van der Waals surface area contributed by atoms with Gasteiger partial charge in [-0.25, -0.2) is 4.98 Å². The van der Waals surface area contributed by atoms with E-state index >= 15 is 0 Å². The van der Waals surface area contributed by atoms with E-state index in [9.17, 15) is 0 Å². The molecule has 0 saturated carbocycles. The molecule has 0 N–H and O–H groups in total. The van der Waals surface area contributed by atoms with Crippen molar-refractivity contribution in [1.29, 1.82) is 0 Å². The van der Waals surface area contributed by atoms with E-state index < -0.39 is 0 Å². The molecule has 2 nitrogen and oxygen atoms in total. The third-order valence-corrected chi connectivity index (χ3v) is 4.26. The van der Waals surface area contributed by atoms with E-state index in [0.29, 0.717) is 6.04 Å². The zero-order valence-corrected chi connectivity index (χ0v) is 12.3. The normalized spacial score (nSPS) is 22.3. The number of aromatic nitrogens is 2. The molecule has 3 rings (SSSR count). The van der Waals surface area contributed by atoms with E-state index in [-0.39, 0.29) is 0 Å². The number of aryl methyl sites for hydroxylation is 1. The van der Waals surface area contributed by atoms with Crippen molar-refractivity contribution in [2.75, 3.05) is 0 Å². The van der Waals surface area contributed by atoms with Crippen LogP contribution in [0.5, 0.6) is 0 Å². The van der Waals surface area contributed by atoms with Crippen LogP contribution in [0.25, 0.3) is 11.3 Å². The first-order chi connectivity index (χ1) is 9.06. The third kappa shape index (κ3) is 2.09.